The van der Waals surface area contributed by atoms with Crippen molar-refractivity contribution in [3.8, 4) is 0 Å². The molecule has 4 atom stereocenters. The molecule has 0 spiro atoms. The summed E-state index contributed by atoms with van der Waals surface area (Å²) in [5.74, 6) is -0.0873. The molecule has 0 heterocycles. The number of aliphatic hydroxyl groups is 1. The Morgan fingerprint density at radius 2 is 2.00 bits per heavy atom. The molecule has 0 aromatic heterocycles. The summed E-state index contributed by atoms with van der Waals surface area (Å²) in [6, 6.07) is 0. The van der Waals surface area contributed by atoms with Gasteiger partial charge >= 0.3 is 5.97 Å². The van der Waals surface area contributed by atoms with Crippen LogP contribution < -0.4 is 0 Å². The van der Waals surface area contributed by atoms with E-state index in [4.69, 9.17) is 5.11 Å². The first-order chi connectivity index (χ1) is 5.18. The van der Waals surface area contributed by atoms with Gasteiger partial charge in [-0.1, -0.05) is 0 Å². The van der Waals surface area contributed by atoms with Crippen molar-refractivity contribution in [1.82, 2.24) is 0 Å². The highest BCUT2D eigenvalue weighted by atomic mass is 16.4. The van der Waals surface area contributed by atoms with Gasteiger partial charge < -0.3 is 10.2 Å². The lowest BCUT2D eigenvalue weighted by molar-refractivity contribution is -0.144. The molecule has 2 aliphatic rings. The topological polar surface area (TPSA) is 57.5 Å². The van der Waals surface area contributed by atoms with Gasteiger partial charge in [0.2, 0.25) is 0 Å². The molecule has 0 aromatic rings. The predicted octanol–water partition coefficient (Wildman–Crippen LogP) is 0.478. The minimum absolute atomic E-state index is 0.260. The average Bonchev–Trinajstić information content (AvgIpc) is 2.63. The summed E-state index contributed by atoms with van der Waals surface area (Å²) in [5, 5.41) is 18.0. The lowest BCUT2D eigenvalue weighted by Crippen LogP contribution is -2.27. The van der Waals surface area contributed by atoms with Crippen LogP contribution in [0.3, 0.4) is 0 Å². The van der Waals surface area contributed by atoms with Gasteiger partial charge in [-0.3, -0.25) is 4.79 Å². The molecule has 2 saturated carbocycles. The summed E-state index contributed by atoms with van der Waals surface area (Å²) in [6.45, 7) is 0. The Hall–Kier alpha value is -0.570. The maximum atomic E-state index is 10.6. The molecular weight excluding hydrogens is 144 g/mol. The van der Waals surface area contributed by atoms with Crippen molar-refractivity contribution < 1.29 is 15.0 Å². The molecule has 2 fully saturated rings. The van der Waals surface area contributed by atoms with Gasteiger partial charge in [0.25, 0.3) is 0 Å². The van der Waals surface area contributed by atoms with Gasteiger partial charge in [0.05, 0.1) is 12.0 Å². The summed E-state index contributed by atoms with van der Waals surface area (Å²) in [5.41, 5.74) is 0. The Morgan fingerprint density at radius 3 is 2.64 bits per heavy atom. The van der Waals surface area contributed by atoms with Crippen molar-refractivity contribution in [2.24, 2.45) is 17.8 Å². The minimum Gasteiger partial charge on any atom is -0.481 e. The minimum atomic E-state index is -0.726. The van der Waals surface area contributed by atoms with Crippen LogP contribution >= 0.6 is 0 Å². The quantitative estimate of drug-likeness (QED) is 0.580. The molecule has 2 aliphatic carbocycles. The fourth-order valence-corrected chi connectivity index (χ4v) is 2.23. The van der Waals surface area contributed by atoms with E-state index >= 15 is 0 Å². The Balaban J connectivity index is 2.04. The van der Waals surface area contributed by atoms with Crippen molar-refractivity contribution in [3.63, 3.8) is 0 Å². The van der Waals surface area contributed by atoms with Gasteiger partial charge in [0.15, 0.2) is 0 Å². The number of carboxylic acids is 1. The van der Waals surface area contributed by atoms with Crippen LogP contribution in [0.4, 0.5) is 0 Å². The van der Waals surface area contributed by atoms with E-state index < -0.39 is 5.97 Å². The molecule has 0 saturated heterocycles. The van der Waals surface area contributed by atoms with Crippen molar-refractivity contribution in [3.05, 3.63) is 0 Å². The predicted molar refractivity (Wildman–Crippen MR) is 38.0 cm³/mol. The molecule has 0 bridgehead atoms. The van der Waals surface area contributed by atoms with Crippen LogP contribution in [0.15, 0.2) is 0 Å². The van der Waals surface area contributed by atoms with Gasteiger partial charge in [-0.2, -0.15) is 0 Å². The Morgan fingerprint density at radius 1 is 1.27 bits per heavy atom. The van der Waals surface area contributed by atoms with E-state index in [2.05, 4.69) is 0 Å². The van der Waals surface area contributed by atoms with Gasteiger partial charge in [-0.05, 0) is 31.1 Å². The molecule has 2 N–H and O–H groups in total. The van der Waals surface area contributed by atoms with Crippen molar-refractivity contribution in [1.29, 1.82) is 0 Å². The summed E-state index contributed by atoms with van der Waals surface area (Å²) in [7, 11) is 0. The maximum absolute atomic E-state index is 10.6. The third kappa shape index (κ3) is 1.13. The Kier molecular flexibility index (Phi) is 1.42. The smallest absolute Gasteiger partial charge is 0.306 e. The largest absolute Gasteiger partial charge is 0.481 e. The van der Waals surface area contributed by atoms with Gasteiger partial charge in [0, 0.05) is 0 Å². The van der Waals surface area contributed by atoms with Crippen LogP contribution in [0.25, 0.3) is 0 Å². The zero-order valence-corrected chi connectivity index (χ0v) is 6.23. The fraction of sp³-hybridized carbons (Fsp3) is 0.875. The van der Waals surface area contributed by atoms with Crippen molar-refractivity contribution >= 4 is 5.97 Å². The van der Waals surface area contributed by atoms with E-state index in [1.165, 1.54) is 0 Å². The van der Waals surface area contributed by atoms with Crippen LogP contribution in [0.1, 0.15) is 19.3 Å². The number of hydrogen-bond acceptors (Lipinski definition) is 2. The van der Waals surface area contributed by atoms with Crippen molar-refractivity contribution in [2.75, 3.05) is 0 Å². The molecule has 0 radical (unpaired) electrons. The fourth-order valence-electron chi connectivity index (χ4n) is 2.23. The number of rotatable bonds is 1. The zero-order chi connectivity index (χ0) is 8.01. The first-order valence-electron chi connectivity index (χ1n) is 4.09. The van der Waals surface area contributed by atoms with Gasteiger partial charge in [-0.15, -0.1) is 0 Å². The third-order valence-corrected chi connectivity index (χ3v) is 2.91. The van der Waals surface area contributed by atoms with Crippen LogP contribution in [0, 0.1) is 17.8 Å². The van der Waals surface area contributed by atoms with E-state index in [9.17, 15) is 9.90 Å². The summed E-state index contributed by atoms with van der Waals surface area (Å²) >= 11 is 0. The molecule has 0 amide bonds. The second kappa shape index (κ2) is 2.21. The molecule has 0 aliphatic heterocycles. The van der Waals surface area contributed by atoms with E-state index in [-0.39, 0.29) is 12.0 Å². The maximum Gasteiger partial charge on any atom is 0.306 e. The highest BCUT2D eigenvalue weighted by molar-refractivity contribution is 5.71. The van der Waals surface area contributed by atoms with E-state index in [1.807, 2.05) is 0 Å². The molecule has 62 valence electrons. The second-order valence-corrected chi connectivity index (χ2v) is 3.73. The van der Waals surface area contributed by atoms with Crippen molar-refractivity contribution in [2.45, 2.75) is 25.4 Å². The Labute approximate surface area is 65.0 Å². The highest BCUT2D eigenvalue weighted by Gasteiger charge is 2.50. The lowest BCUT2D eigenvalue weighted by atomic mass is 9.87. The normalized spacial score (nSPS) is 48.1. The third-order valence-electron chi connectivity index (χ3n) is 2.91. The van der Waals surface area contributed by atoms with Crippen LogP contribution in [0.5, 0.6) is 0 Å². The monoisotopic (exact) mass is 156 g/mol. The standard InChI is InChI=1S/C8H12O3/c9-5-1-4-2-6(4)7(3-5)8(10)11/h4-7,9H,1-3H2,(H,10,11). The second-order valence-electron chi connectivity index (χ2n) is 3.73. The summed E-state index contributed by atoms with van der Waals surface area (Å²) in [6.07, 6.45) is 1.96. The van der Waals surface area contributed by atoms with E-state index in [0.29, 0.717) is 18.3 Å². The number of carboxylic acid groups (broad SMARTS) is 1. The van der Waals surface area contributed by atoms with Crippen LogP contribution in [-0.2, 0) is 4.79 Å². The number of aliphatic carboxylic acids is 1. The molecular formula is C8H12O3. The number of hydrogen-bond donors (Lipinski definition) is 2. The molecule has 4 unspecified atom stereocenters. The summed E-state index contributed by atoms with van der Waals surface area (Å²) in [4.78, 5) is 10.6. The zero-order valence-electron chi connectivity index (χ0n) is 6.23. The number of carbonyl (C=O) groups is 1. The van der Waals surface area contributed by atoms with E-state index in [1.54, 1.807) is 0 Å². The Bertz CT molecular complexity index is 190. The highest BCUT2D eigenvalue weighted by Crippen LogP contribution is 2.52. The van der Waals surface area contributed by atoms with Gasteiger partial charge in [0.1, 0.15) is 0 Å². The SMILES string of the molecule is O=C(O)C1CC(O)CC2CC21. The first-order valence-corrected chi connectivity index (χ1v) is 4.09. The average molecular weight is 156 g/mol. The molecule has 3 heteroatoms. The number of fused-ring (bicyclic) bond motifs is 1. The molecule has 3 nitrogen and oxygen atoms in total. The molecule has 2 rings (SSSR count). The summed E-state index contributed by atoms with van der Waals surface area (Å²) < 4.78 is 0. The number of aliphatic hydroxyl groups excluding tert-OH is 1. The molecule has 11 heavy (non-hydrogen) atoms. The lowest BCUT2D eigenvalue weighted by Gasteiger charge is -2.21. The van der Waals surface area contributed by atoms with Crippen LogP contribution in [-0.4, -0.2) is 22.3 Å². The first kappa shape index (κ1) is 7.10. The van der Waals surface area contributed by atoms with Crippen LogP contribution in [0.2, 0.25) is 0 Å². The molecule has 0 aromatic carbocycles. The van der Waals surface area contributed by atoms with E-state index in [0.717, 1.165) is 12.8 Å². The van der Waals surface area contributed by atoms with Gasteiger partial charge in [-0.25, -0.2) is 0 Å².